The highest BCUT2D eigenvalue weighted by Gasteiger charge is 2.09. The minimum Gasteiger partial charge on any atom is -0.313 e. The monoisotopic (exact) mass is 155 g/mol. The summed E-state index contributed by atoms with van der Waals surface area (Å²) in [6.07, 6.45) is 2.60. The van der Waals surface area contributed by atoms with Crippen molar-refractivity contribution in [1.29, 1.82) is 0 Å². The molecule has 0 bridgehead atoms. The topological polar surface area (TPSA) is 12.0 Å². The third-order valence-corrected chi connectivity index (χ3v) is 2.47. The molecule has 1 heterocycles. The molecule has 0 atom stereocenters. The van der Waals surface area contributed by atoms with Gasteiger partial charge in [0.2, 0.25) is 0 Å². The first-order valence-corrected chi connectivity index (χ1v) is 4.61. The molecule has 1 rings (SSSR count). The minimum absolute atomic E-state index is 0. The lowest BCUT2D eigenvalue weighted by atomic mass is 9.97. The number of hydrogen-bond donors (Lipinski definition) is 1. The van der Waals surface area contributed by atoms with Gasteiger partial charge in [-0.2, -0.15) is 0 Å². The molecule has 1 aliphatic rings. The fourth-order valence-electron chi connectivity index (χ4n) is 1.71. The highest BCUT2D eigenvalue weighted by atomic mass is 14.9. The normalized spacial score (nSPS) is 20.7. The van der Waals surface area contributed by atoms with E-state index in [0.29, 0.717) is 0 Å². The highest BCUT2D eigenvalue weighted by Crippen LogP contribution is 2.19. The van der Waals surface area contributed by atoms with Crippen molar-refractivity contribution < 1.29 is 1.43 Å². The van der Waals surface area contributed by atoms with E-state index < -0.39 is 0 Å². The van der Waals surface area contributed by atoms with E-state index in [1.165, 1.54) is 19.4 Å². The summed E-state index contributed by atoms with van der Waals surface area (Å²) in [5.74, 6) is 0.723. The van der Waals surface area contributed by atoms with E-state index in [1.54, 1.807) is 11.1 Å². The first kappa shape index (κ1) is 8.79. The van der Waals surface area contributed by atoms with E-state index in [-0.39, 0.29) is 1.43 Å². The summed E-state index contributed by atoms with van der Waals surface area (Å²) in [4.78, 5) is 0. The zero-order chi connectivity index (χ0) is 8.27. The van der Waals surface area contributed by atoms with Gasteiger partial charge in [0.25, 0.3) is 0 Å². The number of rotatable bonds is 1. The van der Waals surface area contributed by atoms with Gasteiger partial charge in [-0.3, -0.25) is 0 Å². The van der Waals surface area contributed by atoms with Gasteiger partial charge in [0.05, 0.1) is 0 Å². The van der Waals surface area contributed by atoms with Crippen LogP contribution in [0.2, 0.25) is 0 Å². The van der Waals surface area contributed by atoms with E-state index >= 15 is 0 Å². The lowest BCUT2D eigenvalue weighted by molar-refractivity contribution is 0.668. The van der Waals surface area contributed by atoms with Crippen molar-refractivity contribution in [3.63, 3.8) is 0 Å². The van der Waals surface area contributed by atoms with Gasteiger partial charge in [0, 0.05) is 7.97 Å². The van der Waals surface area contributed by atoms with Crippen LogP contribution in [0.1, 0.15) is 35.0 Å². The van der Waals surface area contributed by atoms with Crippen LogP contribution in [0.3, 0.4) is 0 Å². The minimum atomic E-state index is 0. The summed E-state index contributed by atoms with van der Waals surface area (Å²) in [5.41, 5.74) is 3.24. The quantitative estimate of drug-likeness (QED) is 0.574. The van der Waals surface area contributed by atoms with Crippen molar-refractivity contribution in [1.82, 2.24) is 5.32 Å². The molecule has 0 amide bonds. The Morgan fingerprint density at radius 3 is 2.82 bits per heavy atom. The Labute approximate surface area is 71.4 Å². The van der Waals surface area contributed by atoms with Gasteiger partial charge in [-0.05, 0) is 32.2 Å². The molecule has 0 aromatic heterocycles. The van der Waals surface area contributed by atoms with Gasteiger partial charge in [0.15, 0.2) is 0 Å². The first-order chi connectivity index (χ1) is 5.22. The standard InChI is InChI=1S/C10H19N.H2/c1-8(2)10-7-11-6-4-5-9(10)3;/h8,11H,4-7H2,1-3H3;1H. The molecule has 0 unspecified atom stereocenters. The van der Waals surface area contributed by atoms with Crippen LogP contribution in [0.4, 0.5) is 0 Å². The predicted octanol–water partition coefficient (Wildman–Crippen LogP) is 2.59. The van der Waals surface area contributed by atoms with E-state index in [0.717, 1.165) is 12.5 Å². The van der Waals surface area contributed by atoms with Gasteiger partial charge >= 0.3 is 0 Å². The van der Waals surface area contributed by atoms with Crippen molar-refractivity contribution in [3.05, 3.63) is 11.1 Å². The second kappa shape index (κ2) is 3.91. The van der Waals surface area contributed by atoms with E-state index in [9.17, 15) is 0 Å². The fourth-order valence-corrected chi connectivity index (χ4v) is 1.71. The second-order valence-electron chi connectivity index (χ2n) is 3.74. The number of nitrogens with one attached hydrogen (secondary N) is 1. The Morgan fingerprint density at radius 1 is 1.45 bits per heavy atom. The van der Waals surface area contributed by atoms with Crippen LogP contribution >= 0.6 is 0 Å². The summed E-state index contributed by atoms with van der Waals surface area (Å²) in [6.45, 7) is 9.15. The Bertz CT molecular complexity index is 161. The molecule has 0 aromatic carbocycles. The van der Waals surface area contributed by atoms with Gasteiger partial charge in [-0.1, -0.05) is 25.0 Å². The summed E-state index contributed by atoms with van der Waals surface area (Å²) in [6, 6.07) is 0. The Kier molecular flexibility index (Phi) is 3.13. The maximum absolute atomic E-state index is 3.45. The van der Waals surface area contributed by atoms with Crippen molar-refractivity contribution in [2.24, 2.45) is 5.92 Å². The van der Waals surface area contributed by atoms with Crippen LogP contribution in [0, 0.1) is 5.92 Å². The summed E-state index contributed by atoms with van der Waals surface area (Å²) in [7, 11) is 0. The van der Waals surface area contributed by atoms with Gasteiger partial charge < -0.3 is 5.32 Å². The molecule has 1 heteroatoms. The molecular formula is C10H21N. The zero-order valence-electron chi connectivity index (χ0n) is 7.91. The lowest BCUT2D eigenvalue weighted by Gasteiger charge is -2.12. The van der Waals surface area contributed by atoms with Crippen molar-refractivity contribution in [2.75, 3.05) is 13.1 Å². The molecule has 11 heavy (non-hydrogen) atoms. The SMILES string of the molecule is CC1=C(C(C)C)CNCCC1.[HH]. The molecule has 0 fully saturated rings. The average Bonchev–Trinajstić information content (AvgIpc) is 2.13. The zero-order valence-corrected chi connectivity index (χ0v) is 7.91. The Hall–Kier alpha value is -0.300. The largest absolute Gasteiger partial charge is 0.313 e. The molecule has 0 saturated heterocycles. The van der Waals surface area contributed by atoms with Crippen LogP contribution in [0.25, 0.3) is 0 Å². The lowest BCUT2D eigenvalue weighted by Crippen LogP contribution is -2.18. The molecule has 1 nitrogen and oxygen atoms in total. The molecule has 66 valence electrons. The third-order valence-electron chi connectivity index (χ3n) is 2.47. The molecule has 0 aromatic rings. The van der Waals surface area contributed by atoms with E-state index in [1.807, 2.05) is 0 Å². The maximum atomic E-state index is 3.45. The van der Waals surface area contributed by atoms with E-state index in [2.05, 4.69) is 26.1 Å². The molecule has 1 aliphatic heterocycles. The molecular weight excluding hydrogens is 134 g/mol. The van der Waals surface area contributed by atoms with Gasteiger partial charge in [0.1, 0.15) is 0 Å². The molecule has 0 aliphatic carbocycles. The van der Waals surface area contributed by atoms with E-state index in [4.69, 9.17) is 0 Å². The number of hydrogen-bond acceptors (Lipinski definition) is 1. The van der Waals surface area contributed by atoms with Crippen LogP contribution < -0.4 is 5.32 Å². The van der Waals surface area contributed by atoms with Crippen LogP contribution in [-0.2, 0) is 0 Å². The van der Waals surface area contributed by atoms with Crippen molar-refractivity contribution in [3.8, 4) is 0 Å². The summed E-state index contributed by atoms with van der Waals surface area (Å²) < 4.78 is 0. The molecule has 0 spiro atoms. The van der Waals surface area contributed by atoms with Crippen LogP contribution in [-0.4, -0.2) is 13.1 Å². The van der Waals surface area contributed by atoms with Crippen molar-refractivity contribution in [2.45, 2.75) is 33.6 Å². The molecule has 0 saturated carbocycles. The third kappa shape index (κ3) is 2.33. The first-order valence-electron chi connectivity index (χ1n) is 4.61. The summed E-state index contributed by atoms with van der Waals surface area (Å²) in [5, 5.41) is 3.45. The second-order valence-corrected chi connectivity index (χ2v) is 3.74. The molecule has 1 N–H and O–H groups in total. The average molecular weight is 155 g/mol. The van der Waals surface area contributed by atoms with Crippen molar-refractivity contribution >= 4 is 0 Å². The Morgan fingerprint density at radius 2 is 2.18 bits per heavy atom. The Balaban J connectivity index is 0.00000121. The summed E-state index contributed by atoms with van der Waals surface area (Å²) >= 11 is 0. The van der Waals surface area contributed by atoms with Gasteiger partial charge in [-0.15, -0.1) is 0 Å². The fraction of sp³-hybridized carbons (Fsp3) is 0.800. The smallest absolute Gasteiger partial charge is 0.0169 e. The highest BCUT2D eigenvalue weighted by molar-refractivity contribution is 5.17. The van der Waals surface area contributed by atoms with Gasteiger partial charge in [-0.25, -0.2) is 0 Å². The molecule has 0 radical (unpaired) electrons. The number of allylic oxidation sites excluding steroid dienone is 1. The predicted molar refractivity (Wildman–Crippen MR) is 51.8 cm³/mol. The van der Waals surface area contributed by atoms with Crippen LogP contribution in [0.5, 0.6) is 0 Å². The maximum Gasteiger partial charge on any atom is 0.0169 e. The van der Waals surface area contributed by atoms with Crippen LogP contribution in [0.15, 0.2) is 11.1 Å².